The Kier molecular flexibility index (Phi) is 5.36. The number of aryl methyl sites for hydroxylation is 1. The van der Waals surface area contributed by atoms with Crippen LogP contribution in [0.3, 0.4) is 0 Å². The van der Waals surface area contributed by atoms with Gasteiger partial charge in [0.25, 0.3) is 0 Å². The van der Waals surface area contributed by atoms with Gasteiger partial charge in [0.1, 0.15) is 5.82 Å². The van der Waals surface area contributed by atoms with Crippen molar-refractivity contribution in [3.8, 4) is 0 Å². The SMILES string of the molecule is Cc1ccc(C(N)CCN2CCCC(C)(O)CC2)cc1F. The van der Waals surface area contributed by atoms with Crippen LogP contribution >= 0.6 is 0 Å². The minimum absolute atomic E-state index is 0.135. The number of aliphatic hydroxyl groups is 1. The smallest absolute Gasteiger partial charge is 0.126 e. The second-order valence-corrected chi connectivity index (χ2v) is 6.60. The van der Waals surface area contributed by atoms with Crippen molar-refractivity contribution < 1.29 is 9.50 Å². The first kappa shape index (κ1) is 16.4. The lowest BCUT2D eigenvalue weighted by Crippen LogP contribution is -2.30. The summed E-state index contributed by atoms with van der Waals surface area (Å²) >= 11 is 0. The fourth-order valence-electron chi connectivity index (χ4n) is 2.87. The fraction of sp³-hybridized carbons (Fsp3) is 0.647. The van der Waals surface area contributed by atoms with Gasteiger partial charge in [-0.2, -0.15) is 0 Å². The Balaban J connectivity index is 1.86. The van der Waals surface area contributed by atoms with E-state index in [-0.39, 0.29) is 11.9 Å². The minimum atomic E-state index is -0.531. The van der Waals surface area contributed by atoms with Crippen molar-refractivity contribution in [2.45, 2.75) is 51.2 Å². The van der Waals surface area contributed by atoms with Crippen LogP contribution in [0, 0.1) is 12.7 Å². The highest BCUT2D eigenvalue weighted by molar-refractivity contribution is 5.25. The van der Waals surface area contributed by atoms with Crippen LogP contribution in [0.15, 0.2) is 18.2 Å². The molecule has 3 N–H and O–H groups in total. The zero-order valence-corrected chi connectivity index (χ0v) is 13.1. The first-order valence-electron chi connectivity index (χ1n) is 7.84. The number of nitrogens with zero attached hydrogens (tertiary/aromatic N) is 1. The molecule has 1 saturated heterocycles. The van der Waals surface area contributed by atoms with Crippen LogP contribution in [0.25, 0.3) is 0 Å². The number of benzene rings is 1. The van der Waals surface area contributed by atoms with Crippen molar-refractivity contribution in [2.24, 2.45) is 5.73 Å². The molecule has 0 bridgehead atoms. The molecule has 1 aliphatic heterocycles. The fourth-order valence-corrected chi connectivity index (χ4v) is 2.87. The van der Waals surface area contributed by atoms with Gasteiger partial charge in [-0.3, -0.25) is 0 Å². The van der Waals surface area contributed by atoms with Gasteiger partial charge in [0, 0.05) is 12.6 Å². The van der Waals surface area contributed by atoms with E-state index >= 15 is 0 Å². The number of nitrogens with two attached hydrogens (primary N) is 1. The lowest BCUT2D eigenvalue weighted by atomic mass is 9.98. The van der Waals surface area contributed by atoms with Crippen LogP contribution in [0.4, 0.5) is 4.39 Å². The maximum Gasteiger partial charge on any atom is 0.126 e. The molecule has 1 aromatic carbocycles. The Labute approximate surface area is 126 Å². The van der Waals surface area contributed by atoms with E-state index < -0.39 is 5.60 Å². The van der Waals surface area contributed by atoms with Crippen LogP contribution < -0.4 is 5.73 Å². The highest BCUT2D eigenvalue weighted by atomic mass is 19.1. The molecule has 1 heterocycles. The van der Waals surface area contributed by atoms with Gasteiger partial charge in [-0.05, 0) is 69.8 Å². The average molecular weight is 294 g/mol. The molecule has 1 aromatic rings. The lowest BCUT2D eigenvalue weighted by Gasteiger charge is -2.23. The van der Waals surface area contributed by atoms with Crippen LogP contribution in [0.2, 0.25) is 0 Å². The molecule has 0 spiro atoms. The summed E-state index contributed by atoms with van der Waals surface area (Å²) in [6.45, 7) is 6.48. The molecule has 2 rings (SSSR count). The predicted octanol–water partition coefficient (Wildman–Crippen LogP) is 2.76. The van der Waals surface area contributed by atoms with Crippen LogP contribution in [0.5, 0.6) is 0 Å². The van der Waals surface area contributed by atoms with E-state index in [4.69, 9.17) is 5.73 Å². The van der Waals surface area contributed by atoms with Gasteiger partial charge in [0.2, 0.25) is 0 Å². The van der Waals surface area contributed by atoms with Crippen molar-refractivity contribution >= 4 is 0 Å². The molecule has 3 nitrogen and oxygen atoms in total. The van der Waals surface area contributed by atoms with Crippen molar-refractivity contribution in [1.29, 1.82) is 0 Å². The Hall–Kier alpha value is -0.970. The molecule has 1 aliphatic rings. The molecule has 0 aromatic heterocycles. The molecule has 2 unspecified atom stereocenters. The van der Waals surface area contributed by atoms with Crippen molar-refractivity contribution in [1.82, 2.24) is 4.90 Å². The first-order valence-corrected chi connectivity index (χ1v) is 7.84. The summed E-state index contributed by atoms with van der Waals surface area (Å²) in [5.41, 5.74) is 7.16. The highest BCUT2D eigenvalue weighted by Crippen LogP contribution is 2.23. The molecule has 1 fully saturated rings. The molecule has 118 valence electrons. The van der Waals surface area contributed by atoms with Gasteiger partial charge in [-0.1, -0.05) is 12.1 Å². The second-order valence-electron chi connectivity index (χ2n) is 6.60. The summed E-state index contributed by atoms with van der Waals surface area (Å²) in [6.07, 6.45) is 3.49. The van der Waals surface area contributed by atoms with E-state index in [0.717, 1.165) is 50.9 Å². The van der Waals surface area contributed by atoms with Crippen LogP contribution in [0.1, 0.15) is 49.8 Å². The van der Waals surface area contributed by atoms with Crippen LogP contribution in [-0.4, -0.2) is 35.2 Å². The summed E-state index contributed by atoms with van der Waals surface area (Å²) in [5.74, 6) is -0.186. The van der Waals surface area contributed by atoms with Gasteiger partial charge < -0.3 is 15.7 Å². The van der Waals surface area contributed by atoms with Gasteiger partial charge in [-0.15, -0.1) is 0 Å². The molecule has 4 heteroatoms. The molecule has 0 radical (unpaired) electrons. The number of halogens is 1. The Morgan fingerprint density at radius 2 is 2.14 bits per heavy atom. The maximum atomic E-state index is 13.6. The quantitative estimate of drug-likeness (QED) is 0.898. The Morgan fingerprint density at radius 1 is 1.38 bits per heavy atom. The van der Waals surface area contributed by atoms with Gasteiger partial charge in [-0.25, -0.2) is 4.39 Å². The number of hydrogen-bond acceptors (Lipinski definition) is 3. The Bertz CT molecular complexity index is 476. The summed E-state index contributed by atoms with van der Waals surface area (Å²) in [6, 6.07) is 5.11. The molecule has 2 atom stereocenters. The van der Waals surface area contributed by atoms with Gasteiger partial charge in [0.15, 0.2) is 0 Å². The van der Waals surface area contributed by atoms with Crippen molar-refractivity contribution in [3.05, 3.63) is 35.1 Å². The molecule has 0 saturated carbocycles. The van der Waals surface area contributed by atoms with Crippen molar-refractivity contribution in [2.75, 3.05) is 19.6 Å². The van der Waals surface area contributed by atoms with E-state index in [1.54, 1.807) is 19.1 Å². The second kappa shape index (κ2) is 6.86. The van der Waals surface area contributed by atoms with E-state index in [0.29, 0.717) is 5.56 Å². The van der Waals surface area contributed by atoms with Gasteiger partial charge in [0.05, 0.1) is 5.60 Å². The van der Waals surface area contributed by atoms with Crippen LogP contribution in [-0.2, 0) is 0 Å². The summed E-state index contributed by atoms with van der Waals surface area (Å²) in [4.78, 5) is 2.35. The van der Waals surface area contributed by atoms with E-state index in [1.165, 1.54) is 0 Å². The molecular weight excluding hydrogens is 267 g/mol. The number of likely N-dealkylation sites (tertiary alicyclic amines) is 1. The normalized spacial score (nSPS) is 25.6. The predicted molar refractivity (Wildman–Crippen MR) is 83.6 cm³/mol. The van der Waals surface area contributed by atoms with Gasteiger partial charge >= 0.3 is 0 Å². The number of hydrogen-bond donors (Lipinski definition) is 2. The molecule has 0 amide bonds. The zero-order chi connectivity index (χ0) is 15.5. The van der Waals surface area contributed by atoms with E-state index in [2.05, 4.69) is 4.90 Å². The zero-order valence-electron chi connectivity index (χ0n) is 13.1. The van der Waals surface area contributed by atoms with Crippen molar-refractivity contribution in [3.63, 3.8) is 0 Å². The third-order valence-electron chi connectivity index (χ3n) is 4.54. The molecule has 21 heavy (non-hydrogen) atoms. The summed E-state index contributed by atoms with van der Waals surface area (Å²) < 4.78 is 13.6. The standard InChI is InChI=1S/C17H27FN2O/c1-13-4-5-14(12-15(13)18)16(19)6-10-20-9-3-7-17(2,21)8-11-20/h4-5,12,16,21H,3,6-11,19H2,1-2H3. The Morgan fingerprint density at radius 3 is 2.86 bits per heavy atom. The molecule has 0 aliphatic carbocycles. The average Bonchev–Trinajstić information content (AvgIpc) is 2.60. The first-order chi connectivity index (χ1) is 9.87. The largest absolute Gasteiger partial charge is 0.390 e. The third-order valence-corrected chi connectivity index (χ3v) is 4.54. The summed E-state index contributed by atoms with van der Waals surface area (Å²) in [7, 11) is 0. The number of rotatable bonds is 4. The van der Waals surface area contributed by atoms with E-state index in [1.807, 2.05) is 13.0 Å². The third kappa shape index (κ3) is 4.77. The molecular formula is C17H27FN2O. The summed E-state index contributed by atoms with van der Waals surface area (Å²) in [5, 5.41) is 10.1. The lowest BCUT2D eigenvalue weighted by molar-refractivity contribution is 0.0446. The van der Waals surface area contributed by atoms with E-state index in [9.17, 15) is 9.50 Å². The topological polar surface area (TPSA) is 49.5 Å². The highest BCUT2D eigenvalue weighted by Gasteiger charge is 2.24. The maximum absolute atomic E-state index is 13.6. The minimum Gasteiger partial charge on any atom is -0.390 e. The monoisotopic (exact) mass is 294 g/mol.